The summed E-state index contributed by atoms with van der Waals surface area (Å²) >= 11 is 0. The molecule has 3 aromatic rings. The zero-order chi connectivity index (χ0) is 17.8. The van der Waals surface area contributed by atoms with Gasteiger partial charge in [0, 0.05) is 16.6 Å². The molecule has 6 heteroatoms. The molecule has 0 aliphatic rings. The largest absolute Gasteiger partial charge is 0.366 e. The molecule has 0 unspecified atom stereocenters. The van der Waals surface area contributed by atoms with Gasteiger partial charge in [0.25, 0.3) is 0 Å². The highest BCUT2D eigenvalue weighted by atomic mass is 16.2. The number of carbonyl (C=O) groups excluding carboxylic acids is 2. The van der Waals surface area contributed by atoms with E-state index in [1.54, 1.807) is 18.3 Å². The fourth-order valence-corrected chi connectivity index (χ4v) is 2.64. The van der Waals surface area contributed by atoms with Gasteiger partial charge in [-0.3, -0.25) is 14.7 Å². The third kappa shape index (κ3) is 3.74. The Balaban J connectivity index is 1.82. The number of primary amides is 1. The molecule has 2 aromatic carbocycles. The lowest BCUT2D eigenvalue weighted by Gasteiger charge is -2.17. The Morgan fingerprint density at radius 3 is 2.68 bits per heavy atom. The van der Waals surface area contributed by atoms with Crippen LogP contribution in [0.25, 0.3) is 10.9 Å². The summed E-state index contributed by atoms with van der Waals surface area (Å²) in [4.78, 5) is 24.3. The van der Waals surface area contributed by atoms with Crippen LogP contribution in [0.4, 0.5) is 5.69 Å². The van der Waals surface area contributed by atoms with Gasteiger partial charge < -0.3 is 11.1 Å². The summed E-state index contributed by atoms with van der Waals surface area (Å²) in [5, 5.41) is 10.6. The highest BCUT2D eigenvalue weighted by Crippen LogP contribution is 2.21. The number of fused-ring (bicyclic) bond motifs is 1. The number of amides is 2. The van der Waals surface area contributed by atoms with Gasteiger partial charge in [-0.05, 0) is 30.2 Å². The summed E-state index contributed by atoms with van der Waals surface area (Å²) < 4.78 is 0. The van der Waals surface area contributed by atoms with Crippen LogP contribution in [0.5, 0.6) is 0 Å². The number of hydrogen-bond donors (Lipinski definition) is 3. The molecule has 0 fully saturated rings. The van der Waals surface area contributed by atoms with E-state index in [1.165, 1.54) is 0 Å². The van der Waals surface area contributed by atoms with Crippen molar-refractivity contribution in [1.29, 1.82) is 0 Å². The molecule has 0 saturated carbocycles. The van der Waals surface area contributed by atoms with Crippen molar-refractivity contribution in [2.45, 2.75) is 6.42 Å². The van der Waals surface area contributed by atoms with E-state index in [0.717, 1.165) is 16.5 Å². The smallest absolute Gasteiger partial charge is 0.244 e. The van der Waals surface area contributed by atoms with Gasteiger partial charge in [-0.1, -0.05) is 36.9 Å². The number of nitrogens with one attached hydrogen (secondary N) is 2. The number of nitrogens with two attached hydrogens (primary N) is 1. The molecule has 126 valence electrons. The Labute approximate surface area is 144 Å². The first kappa shape index (κ1) is 16.4. The summed E-state index contributed by atoms with van der Waals surface area (Å²) in [6.07, 6.45) is 2.05. The highest BCUT2D eigenvalue weighted by molar-refractivity contribution is 6.03. The van der Waals surface area contributed by atoms with Crippen LogP contribution in [0.2, 0.25) is 0 Å². The molecule has 2 amide bonds. The second kappa shape index (κ2) is 7.00. The quantitative estimate of drug-likeness (QED) is 0.603. The van der Waals surface area contributed by atoms with Crippen molar-refractivity contribution in [2.24, 2.45) is 11.7 Å². The lowest BCUT2D eigenvalue weighted by atomic mass is 9.91. The molecule has 0 saturated heterocycles. The fourth-order valence-electron chi connectivity index (χ4n) is 2.64. The zero-order valence-corrected chi connectivity index (χ0v) is 13.5. The SMILES string of the molecule is C=C(C(N)=O)[C@H](Cc1ccccc1)C(=O)Nc1ccc2cn[nH]c2c1. The number of benzene rings is 2. The third-order valence-corrected chi connectivity index (χ3v) is 4.05. The monoisotopic (exact) mass is 334 g/mol. The molecule has 4 N–H and O–H groups in total. The summed E-state index contributed by atoms with van der Waals surface area (Å²) in [7, 11) is 0. The van der Waals surface area contributed by atoms with Crippen molar-refractivity contribution in [1.82, 2.24) is 10.2 Å². The van der Waals surface area contributed by atoms with Crippen molar-refractivity contribution in [3.63, 3.8) is 0 Å². The molecule has 6 nitrogen and oxygen atoms in total. The van der Waals surface area contributed by atoms with E-state index in [4.69, 9.17) is 5.73 Å². The predicted molar refractivity (Wildman–Crippen MR) is 96.7 cm³/mol. The summed E-state index contributed by atoms with van der Waals surface area (Å²) in [6.45, 7) is 3.70. The van der Waals surface area contributed by atoms with Gasteiger partial charge >= 0.3 is 0 Å². The second-order valence-corrected chi connectivity index (χ2v) is 5.79. The van der Waals surface area contributed by atoms with E-state index in [1.807, 2.05) is 36.4 Å². The molecule has 1 atom stereocenters. The fraction of sp³-hybridized carbons (Fsp3) is 0.105. The number of aromatic amines is 1. The first-order valence-electron chi connectivity index (χ1n) is 7.81. The topological polar surface area (TPSA) is 101 Å². The van der Waals surface area contributed by atoms with Crippen LogP contribution in [-0.4, -0.2) is 22.0 Å². The summed E-state index contributed by atoms with van der Waals surface area (Å²) in [6, 6.07) is 14.9. The Morgan fingerprint density at radius 1 is 1.20 bits per heavy atom. The van der Waals surface area contributed by atoms with Crippen LogP contribution in [0, 0.1) is 5.92 Å². The van der Waals surface area contributed by atoms with E-state index in [0.29, 0.717) is 12.1 Å². The number of aromatic nitrogens is 2. The van der Waals surface area contributed by atoms with Crippen LogP contribution < -0.4 is 11.1 Å². The van der Waals surface area contributed by atoms with Crippen molar-refractivity contribution < 1.29 is 9.59 Å². The van der Waals surface area contributed by atoms with Crippen LogP contribution in [-0.2, 0) is 16.0 Å². The zero-order valence-electron chi connectivity index (χ0n) is 13.5. The van der Waals surface area contributed by atoms with E-state index in [-0.39, 0.29) is 11.5 Å². The second-order valence-electron chi connectivity index (χ2n) is 5.79. The Hall–Kier alpha value is -3.41. The maximum atomic E-state index is 12.7. The van der Waals surface area contributed by atoms with Gasteiger partial charge in [0.2, 0.25) is 11.8 Å². The standard InChI is InChI=1S/C19H18N4O2/c1-12(18(20)24)16(9-13-5-3-2-4-6-13)19(25)22-15-8-7-14-11-21-23-17(14)10-15/h2-8,10-11,16H,1,9H2,(H2,20,24)(H,21,23)(H,22,25)/t16-/m0/s1. The molecule has 1 aromatic heterocycles. The molecular weight excluding hydrogens is 316 g/mol. The minimum Gasteiger partial charge on any atom is -0.366 e. The number of hydrogen-bond acceptors (Lipinski definition) is 3. The first-order valence-corrected chi connectivity index (χ1v) is 7.81. The Kier molecular flexibility index (Phi) is 4.61. The molecule has 25 heavy (non-hydrogen) atoms. The lowest BCUT2D eigenvalue weighted by molar-refractivity contribution is -0.122. The molecule has 1 heterocycles. The predicted octanol–water partition coefficient (Wildman–Crippen LogP) is 2.40. The molecule has 0 bridgehead atoms. The lowest BCUT2D eigenvalue weighted by Crippen LogP contribution is -2.31. The van der Waals surface area contributed by atoms with Crippen LogP contribution in [0.1, 0.15) is 5.56 Å². The van der Waals surface area contributed by atoms with Crippen LogP contribution in [0.15, 0.2) is 66.9 Å². The number of anilines is 1. The van der Waals surface area contributed by atoms with Crippen LogP contribution in [0.3, 0.4) is 0 Å². The van der Waals surface area contributed by atoms with E-state index < -0.39 is 11.8 Å². The number of nitrogens with zero attached hydrogens (tertiary/aromatic N) is 1. The molecular formula is C19H18N4O2. The Bertz CT molecular complexity index is 931. The van der Waals surface area contributed by atoms with E-state index in [2.05, 4.69) is 22.1 Å². The van der Waals surface area contributed by atoms with E-state index in [9.17, 15) is 9.59 Å². The van der Waals surface area contributed by atoms with Gasteiger partial charge in [0.1, 0.15) is 0 Å². The minimum absolute atomic E-state index is 0.0870. The van der Waals surface area contributed by atoms with Gasteiger partial charge in [0.05, 0.1) is 17.6 Å². The Morgan fingerprint density at radius 2 is 1.96 bits per heavy atom. The summed E-state index contributed by atoms with van der Waals surface area (Å²) in [5.74, 6) is -1.75. The first-order chi connectivity index (χ1) is 12.0. The summed E-state index contributed by atoms with van der Waals surface area (Å²) in [5.41, 5.74) is 7.78. The number of H-pyrrole nitrogens is 1. The minimum atomic E-state index is -0.739. The third-order valence-electron chi connectivity index (χ3n) is 4.05. The normalized spacial score (nSPS) is 11.8. The van der Waals surface area contributed by atoms with Crippen molar-refractivity contribution in [2.75, 3.05) is 5.32 Å². The maximum Gasteiger partial charge on any atom is 0.244 e. The number of rotatable bonds is 6. The van der Waals surface area contributed by atoms with E-state index >= 15 is 0 Å². The molecule has 0 aliphatic heterocycles. The van der Waals surface area contributed by atoms with Crippen molar-refractivity contribution in [3.05, 3.63) is 72.4 Å². The van der Waals surface area contributed by atoms with Gasteiger partial charge in [-0.2, -0.15) is 5.10 Å². The van der Waals surface area contributed by atoms with Gasteiger partial charge in [-0.25, -0.2) is 0 Å². The highest BCUT2D eigenvalue weighted by Gasteiger charge is 2.25. The molecule has 3 rings (SSSR count). The number of carbonyl (C=O) groups is 2. The van der Waals surface area contributed by atoms with Gasteiger partial charge in [0.15, 0.2) is 0 Å². The van der Waals surface area contributed by atoms with Crippen LogP contribution >= 0.6 is 0 Å². The molecule has 0 aliphatic carbocycles. The van der Waals surface area contributed by atoms with Crippen molar-refractivity contribution in [3.8, 4) is 0 Å². The molecule has 0 radical (unpaired) electrons. The average Bonchev–Trinajstić information content (AvgIpc) is 3.07. The average molecular weight is 334 g/mol. The molecule has 0 spiro atoms. The van der Waals surface area contributed by atoms with Crippen molar-refractivity contribution >= 4 is 28.4 Å². The van der Waals surface area contributed by atoms with Gasteiger partial charge in [-0.15, -0.1) is 0 Å². The maximum absolute atomic E-state index is 12.7.